The second-order valence-corrected chi connectivity index (χ2v) is 9.00. The molecule has 9 nitrogen and oxygen atoms in total. The first-order valence-corrected chi connectivity index (χ1v) is 11.1. The maximum atomic E-state index is 15.2. The van der Waals surface area contributed by atoms with Crippen molar-refractivity contribution >= 4 is 22.9 Å². The van der Waals surface area contributed by atoms with E-state index in [1.807, 2.05) is 0 Å². The molecule has 2 aromatic carbocycles. The van der Waals surface area contributed by atoms with Gasteiger partial charge in [0.15, 0.2) is 17.3 Å². The highest BCUT2D eigenvalue weighted by molar-refractivity contribution is 5.98. The van der Waals surface area contributed by atoms with Crippen LogP contribution >= 0.6 is 0 Å². The summed E-state index contributed by atoms with van der Waals surface area (Å²) >= 11 is 0. The number of nitrogens with zero attached hydrogens (tertiary/aromatic N) is 4. The molecule has 4 aromatic rings. The summed E-state index contributed by atoms with van der Waals surface area (Å²) in [6.07, 6.45) is 0.547. The second-order valence-electron chi connectivity index (χ2n) is 9.00. The fourth-order valence-electron chi connectivity index (χ4n) is 3.46. The van der Waals surface area contributed by atoms with Crippen molar-refractivity contribution in [2.75, 3.05) is 12.3 Å². The Hall–Kier alpha value is -4.49. The minimum absolute atomic E-state index is 0.00421. The van der Waals surface area contributed by atoms with Crippen molar-refractivity contribution in [2.45, 2.75) is 32.9 Å². The van der Waals surface area contributed by atoms with Crippen molar-refractivity contribution in [3.05, 3.63) is 59.7 Å². The van der Waals surface area contributed by atoms with Crippen molar-refractivity contribution in [2.24, 2.45) is 0 Å². The number of carbonyl (C=O) groups excluding carboxylic acids is 1. The first-order valence-electron chi connectivity index (χ1n) is 11.1. The second kappa shape index (κ2) is 10.1. The molecule has 1 amide bonds. The van der Waals surface area contributed by atoms with Gasteiger partial charge in [0.25, 0.3) is 0 Å². The molecule has 4 rings (SSSR count). The number of benzene rings is 2. The summed E-state index contributed by atoms with van der Waals surface area (Å²) in [4.78, 5) is 20.0. The third-order valence-electron chi connectivity index (χ3n) is 5.04. The minimum Gasteiger partial charge on any atom is -0.451 e. The van der Waals surface area contributed by atoms with Gasteiger partial charge in [0.1, 0.15) is 35.0 Å². The van der Waals surface area contributed by atoms with Crippen LogP contribution in [0.4, 0.5) is 32.6 Å². The largest absolute Gasteiger partial charge is 0.451 e. The summed E-state index contributed by atoms with van der Waals surface area (Å²) in [5, 5.41) is 7.14. The topological polar surface area (TPSA) is 117 Å². The predicted octanol–water partition coefficient (Wildman–Crippen LogP) is 5.09. The number of carbonyl (C=O) groups is 1. The van der Waals surface area contributed by atoms with E-state index in [1.165, 1.54) is 17.1 Å². The number of rotatable bonds is 6. The normalized spacial score (nSPS) is 11.6. The van der Waals surface area contributed by atoms with Gasteiger partial charge < -0.3 is 20.5 Å². The molecule has 0 aliphatic heterocycles. The Bertz CT molecular complexity index is 1510. The quantitative estimate of drug-likeness (QED) is 0.261. The van der Waals surface area contributed by atoms with Gasteiger partial charge in [-0.1, -0.05) is 0 Å². The lowest BCUT2D eigenvalue weighted by molar-refractivity contribution is 0.0525. The van der Waals surface area contributed by atoms with Gasteiger partial charge >= 0.3 is 6.09 Å². The van der Waals surface area contributed by atoms with Gasteiger partial charge in [-0.15, -0.1) is 0 Å². The van der Waals surface area contributed by atoms with E-state index in [-0.39, 0.29) is 47.3 Å². The van der Waals surface area contributed by atoms with Gasteiger partial charge in [-0.25, -0.2) is 32.6 Å². The Kier molecular flexibility index (Phi) is 7.07. The maximum absolute atomic E-state index is 15.2. The number of anilines is 1. The van der Waals surface area contributed by atoms with E-state index in [1.54, 1.807) is 20.8 Å². The van der Waals surface area contributed by atoms with Gasteiger partial charge in [-0.2, -0.15) is 13.9 Å². The lowest BCUT2D eigenvalue weighted by atomic mass is 10.1. The average molecular weight is 536 g/mol. The number of fused-ring (bicyclic) bond motifs is 1. The highest BCUT2D eigenvalue weighted by Gasteiger charge is 2.24. The van der Waals surface area contributed by atoms with Crippen LogP contribution in [-0.4, -0.2) is 38.0 Å². The molecule has 2 aromatic heterocycles. The number of halogens is 5. The van der Waals surface area contributed by atoms with Crippen LogP contribution in [0.5, 0.6) is 11.5 Å². The fourth-order valence-corrected chi connectivity index (χ4v) is 3.46. The highest BCUT2D eigenvalue weighted by atomic mass is 19.2. The van der Waals surface area contributed by atoms with Crippen LogP contribution in [0.15, 0.2) is 30.6 Å². The summed E-state index contributed by atoms with van der Waals surface area (Å²) in [5.74, 6) is -9.67. The first kappa shape index (κ1) is 26.6. The SMILES string of the molecule is CC(C)(C)OC(=O)NCCn1nc(-c2ccc(Oc3c(F)c(F)cc(F)c3F)cc2F)c2c(N)ncnc21. The Balaban J connectivity index is 1.64. The molecule has 0 aliphatic carbocycles. The lowest BCUT2D eigenvalue weighted by Crippen LogP contribution is -2.34. The minimum atomic E-state index is -1.77. The van der Waals surface area contributed by atoms with Crippen LogP contribution in [0.25, 0.3) is 22.3 Å². The molecular formula is C24H21F5N6O3. The van der Waals surface area contributed by atoms with E-state index in [2.05, 4.69) is 20.4 Å². The third-order valence-corrected chi connectivity index (χ3v) is 5.04. The summed E-state index contributed by atoms with van der Waals surface area (Å²) < 4.78 is 81.5. The molecule has 14 heteroatoms. The monoisotopic (exact) mass is 536 g/mol. The Morgan fingerprint density at radius 2 is 1.71 bits per heavy atom. The number of nitrogen functional groups attached to an aromatic ring is 1. The van der Waals surface area contributed by atoms with Crippen molar-refractivity contribution in [1.29, 1.82) is 0 Å². The van der Waals surface area contributed by atoms with Crippen molar-refractivity contribution < 1.29 is 36.2 Å². The summed E-state index contributed by atoms with van der Waals surface area (Å²) in [5.41, 5.74) is 5.49. The van der Waals surface area contributed by atoms with Gasteiger partial charge in [0, 0.05) is 24.2 Å². The van der Waals surface area contributed by atoms with Gasteiger partial charge in [-0.05, 0) is 32.9 Å². The van der Waals surface area contributed by atoms with Crippen LogP contribution in [0, 0.1) is 29.1 Å². The van der Waals surface area contributed by atoms with Gasteiger partial charge in [0.05, 0.1) is 11.9 Å². The Labute approximate surface area is 212 Å². The van der Waals surface area contributed by atoms with Gasteiger partial charge in [-0.3, -0.25) is 0 Å². The standard InChI is InChI=1S/C24H21F5N6O3/c1-24(2,3)38-23(36)31-6-7-35-22-16(21(30)32-10-33-22)19(34-35)12-5-4-11(8-13(12)25)37-20-17(28)14(26)9-15(27)18(20)29/h4-5,8-10H,6-7H2,1-3H3,(H,31,36)(H2,30,32,33). The average Bonchev–Trinajstić information content (AvgIpc) is 3.19. The number of hydrogen-bond donors (Lipinski definition) is 2. The van der Waals surface area contributed by atoms with E-state index < -0.39 is 52.3 Å². The summed E-state index contributed by atoms with van der Waals surface area (Å²) in [6, 6.07) is 3.08. The zero-order valence-electron chi connectivity index (χ0n) is 20.3. The molecular weight excluding hydrogens is 515 g/mol. The Morgan fingerprint density at radius 1 is 1.03 bits per heavy atom. The van der Waals surface area contributed by atoms with Crippen molar-refractivity contribution in [3.8, 4) is 22.8 Å². The third kappa shape index (κ3) is 5.43. The number of alkyl carbamates (subject to hydrolysis) is 1. The van der Waals surface area contributed by atoms with E-state index in [9.17, 15) is 22.4 Å². The molecule has 38 heavy (non-hydrogen) atoms. The molecule has 0 fully saturated rings. The first-order chi connectivity index (χ1) is 17.9. The molecule has 2 heterocycles. The molecule has 0 saturated carbocycles. The maximum Gasteiger partial charge on any atom is 0.407 e. The summed E-state index contributed by atoms with van der Waals surface area (Å²) in [7, 11) is 0. The number of ether oxygens (including phenoxy) is 2. The molecule has 0 bridgehead atoms. The molecule has 0 saturated heterocycles. The van der Waals surface area contributed by atoms with Crippen molar-refractivity contribution in [1.82, 2.24) is 25.1 Å². The molecule has 3 N–H and O–H groups in total. The fraction of sp³-hybridized carbons (Fsp3) is 0.250. The van der Waals surface area contributed by atoms with E-state index >= 15 is 4.39 Å². The summed E-state index contributed by atoms with van der Waals surface area (Å²) in [6.45, 7) is 5.35. The number of hydrogen-bond acceptors (Lipinski definition) is 7. The van der Waals surface area contributed by atoms with Gasteiger partial charge in [0.2, 0.25) is 17.4 Å². The van der Waals surface area contributed by atoms with Crippen LogP contribution in [0.2, 0.25) is 0 Å². The van der Waals surface area contributed by atoms with E-state index in [0.717, 1.165) is 12.1 Å². The smallest absolute Gasteiger partial charge is 0.407 e. The van der Waals surface area contributed by atoms with Crippen molar-refractivity contribution in [3.63, 3.8) is 0 Å². The molecule has 0 atom stereocenters. The molecule has 0 unspecified atom stereocenters. The van der Waals surface area contributed by atoms with E-state index in [4.69, 9.17) is 15.2 Å². The highest BCUT2D eigenvalue weighted by Crippen LogP contribution is 2.35. The van der Waals surface area contributed by atoms with E-state index in [0.29, 0.717) is 0 Å². The zero-order valence-corrected chi connectivity index (χ0v) is 20.3. The number of amides is 1. The number of nitrogens with one attached hydrogen (secondary N) is 1. The Morgan fingerprint density at radius 3 is 2.34 bits per heavy atom. The number of aromatic nitrogens is 4. The van der Waals surface area contributed by atoms with Crippen LogP contribution in [0.1, 0.15) is 20.8 Å². The lowest BCUT2D eigenvalue weighted by Gasteiger charge is -2.19. The number of nitrogens with two attached hydrogens (primary N) is 1. The molecule has 0 radical (unpaired) electrons. The van der Waals surface area contributed by atoms with Crippen LogP contribution in [0.3, 0.4) is 0 Å². The molecule has 0 spiro atoms. The molecule has 200 valence electrons. The predicted molar refractivity (Wildman–Crippen MR) is 126 cm³/mol. The zero-order chi connectivity index (χ0) is 27.8. The van der Waals surface area contributed by atoms with Crippen LogP contribution < -0.4 is 15.8 Å². The molecule has 0 aliphatic rings. The van der Waals surface area contributed by atoms with Crippen LogP contribution in [-0.2, 0) is 11.3 Å².